The summed E-state index contributed by atoms with van der Waals surface area (Å²) in [6, 6.07) is 16.1. The molecule has 3 rings (SSSR count). The zero-order valence-corrected chi connectivity index (χ0v) is 10.3. The van der Waals surface area contributed by atoms with Crippen LogP contribution in [0.5, 0.6) is 5.75 Å². The number of hydrogen-bond acceptors (Lipinski definition) is 2. The Balaban J connectivity index is 2.11. The summed E-state index contributed by atoms with van der Waals surface area (Å²) in [5.41, 5.74) is 3.09. The summed E-state index contributed by atoms with van der Waals surface area (Å²) in [5, 5.41) is 10.2. The average molecular weight is 240 g/mol. The van der Waals surface area contributed by atoms with Crippen LogP contribution < -0.4 is 4.74 Å². The summed E-state index contributed by atoms with van der Waals surface area (Å²) < 4.78 is 5.90. The Morgan fingerprint density at radius 3 is 2.56 bits per heavy atom. The van der Waals surface area contributed by atoms with Crippen LogP contribution in [0.15, 0.2) is 48.5 Å². The Bertz CT molecular complexity index is 548. The van der Waals surface area contributed by atoms with E-state index in [1.165, 1.54) is 0 Å². The molecule has 1 aliphatic heterocycles. The third kappa shape index (κ3) is 1.70. The Hall–Kier alpha value is -1.80. The lowest BCUT2D eigenvalue weighted by atomic mass is 9.99. The van der Waals surface area contributed by atoms with Crippen molar-refractivity contribution >= 4 is 0 Å². The molecule has 2 unspecified atom stereocenters. The first kappa shape index (κ1) is 11.3. The molecule has 0 aliphatic carbocycles. The predicted octanol–water partition coefficient (Wildman–Crippen LogP) is 3.56. The van der Waals surface area contributed by atoms with Crippen LogP contribution in [0, 0.1) is 0 Å². The maximum Gasteiger partial charge on any atom is 0.133 e. The normalized spacial score (nSPS) is 21.4. The first-order valence-electron chi connectivity index (χ1n) is 6.34. The van der Waals surface area contributed by atoms with E-state index in [-0.39, 0.29) is 6.10 Å². The molecule has 1 aliphatic rings. The van der Waals surface area contributed by atoms with Gasteiger partial charge in [0.15, 0.2) is 0 Å². The molecule has 1 heterocycles. The third-order valence-corrected chi connectivity index (χ3v) is 3.47. The van der Waals surface area contributed by atoms with Crippen LogP contribution in [0.3, 0.4) is 0 Å². The predicted molar refractivity (Wildman–Crippen MR) is 71.5 cm³/mol. The van der Waals surface area contributed by atoms with E-state index < -0.39 is 6.10 Å². The van der Waals surface area contributed by atoms with Gasteiger partial charge in [0.1, 0.15) is 18.0 Å². The van der Waals surface area contributed by atoms with Crippen molar-refractivity contribution in [1.29, 1.82) is 0 Å². The Labute approximate surface area is 107 Å². The van der Waals surface area contributed by atoms with Gasteiger partial charge in [0.05, 0.1) is 0 Å². The molecule has 0 spiro atoms. The van der Waals surface area contributed by atoms with Gasteiger partial charge in [0.25, 0.3) is 0 Å². The molecule has 2 atom stereocenters. The number of aliphatic hydroxyl groups is 1. The number of fused-ring (bicyclic) bond motifs is 1. The van der Waals surface area contributed by atoms with Gasteiger partial charge in [-0.1, -0.05) is 55.5 Å². The fourth-order valence-electron chi connectivity index (χ4n) is 2.49. The Kier molecular flexibility index (Phi) is 2.80. The quantitative estimate of drug-likeness (QED) is 0.869. The van der Waals surface area contributed by atoms with Crippen molar-refractivity contribution in [2.24, 2.45) is 0 Å². The van der Waals surface area contributed by atoms with E-state index in [0.717, 1.165) is 28.9 Å². The number of rotatable bonds is 2. The molecule has 2 heteroatoms. The second-order valence-corrected chi connectivity index (χ2v) is 4.60. The van der Waals surface area contributed by atoms with Gasteiger partial charge in [-0.25, -0.2) is 0 Å². The van der Waals surface area contributed by atoms with E-state index in [4.69, 9.17) is 4.74 Å². The molecule has 0 aromatic heterocycles. The van der Waals surface area contributed by atoms with Crippen LogP contribution in [0.2, 0.25) is 0 Å². The summed E-state index contributed by atoms with van der Waals surface area (Å²) in [6.45, 7) is 2.03. The van der Waals surface area contributed by atoms with Crippen molar-refractivity contribution in [3.05, 3.63) is 54.1 Å². The van der Waals surface area contributed by atoms with Crippen molar-refractivity contribution in [2.45, 2.75) is 25.6 Å². The molecule has 92 valence electrons. The van der Waals surface area contributed by atoms with E-state index in [1.54, 1.807) is 0 Å². The number of benzene rings is 2. The molecule has 18 heavy (non-hydrogen) atoms. The maximum absolute atomic E-state index is 10.2. The molecule has 2 aromatic carbocycles. The smallest absolute Gasteiger partial charge is 0.133 e. The highest BCUT2D eigenvalue weighted by molar-refractivity contribution is 5.73. The summed E-state index contributed by atoms with van der Waals surface area (Å²) in [7, 11) is 0. The highest BCUT2D eigenvalue weighted by Gasteiger charge is 2.33. The van der Waals surface area contributed by atoms with Crippen LogP contribution in [-0.2, 0) is 0 Å². The second-order valence-electron chi connectivity index (χ2n) is 4.60. The summed E-state index contributed by atoms with van der Waals surface area (Å²) in [4.78, 5) is 0. The lowest BCUT2D eigenvalue weighted by molar-refractivity contribution is 0.0655. The highest BCUT2D eigenvalue weighted by atomic mass is 16.5. The topological polar surface area (TPSA) is 29.5 Å². The molecule has 2 aromatic rings. The largest absolute Gasteiger partial charge is 0.486 e. The minimum atomic E-state index is -0.506. The molecule has 0 fully saturated rings. The summed E-state index contributed by atoms with van der Waals surface area (Å²) in [5.74, 6) is 0.836. The van der Waals surface area contributed by atoms with E-state index in [9.17, 15) is 5.11 Å². The minimum absolute atomic E-state index is 0.120. The van der Waals surface area contributed by atoms with Crippen molar-refractivity contribution in [2.75, 3.05) is 0 Å². The highest BCUT2D eigenvalue weighted by Crippen LogP contribution is 2.44. The van der Waals surface area contributed by atoms with Crippen LogP contribution >= 0.6 is 0 Å². The van der Waals surface area contributed by atoms with E-state index in [1.807, 2.05) is 43.3 Å². The first-order chi connectivity index (χ1) is 8.81. The van der Waals surface area contributed by atoms with Crippen LogP contribution in [-0.4, -0.2) is 11.2 Å². The molecule has 2 nitrogen and oxygen atoms in total. The fraction of sp³-hybridized carbons (Fsp3) is 0.250. The first-order valence-corrected chi connectivity index (χ1v) is 6.34. The lowest BCUT2D eigenvalue weighted by Crippen LogP contribution is -2.16. The SMILES string of the molecule is CCC1Oc2c(-c3ccccc3)cccc2C1O. The number of hydrogen-bond donors (Lipinski definition) is 1. The molecule has 0 bridgehead atoms. The zero-order chi connectivity index (χ0) is 12.5. The molecule has 0 amide bonds. The fourth-order valence-corrected chi connectivity index (χ4v) is 2.49. The lowest BCUT2D eigenvalue weighted by Gasteiger charge is -2.11. The van der Waals surface area contributed by atoms with Gasteiger partial charge in [0.2, 0.25) is 0 Å². The van der Waals surface area contributed by atoms with Gasteiger partial charge in [-0.2, -0.15) is 0 Å². The molecular weight excluding hydrogens is 224 g/mol. The maximum atomic E-state index is 10.2. The summed E-state index contributed by atoms with van der Waals surface area (Å²) in [6.07, 6.45) is 0.183. The number of ether oxygens (including phenoxy) is 1. The molecule has 0 saturated heterocycles. The second kappa shape index (κ2) is 4.46. The van der Waals surface area contributed by atoms with Crippen molar-refractivity contribution in [3.63, 3.8) is 0 Å². The Morgan fingerprint density at radius 2 is 1.83 bits per heavy atom. The van der Waals surface area contributed by atoms with Crippen LogP contribution in [0.25, 0.3) is 11.1 Å². The summed E-state index contributed by atoms with van der Waals surface area (Å²) >= 11 is 0. The number of para-hydroxylation sites is 1. The van der Waals surface area contributed by atoms with Crippen LogP contribution in [0.1, 0.15) is 25.0 Å². The Morgan fingerprint density at radius 1 is 1.06 bits per heavy atom. The van der Waals surface area contributed by atoms with Gasteiger partial charge < -0.3 is 9.84 Å². The van der Waals surface area contributed by atoms with Crippen molar-refractivity contribution in [3.8, 4) is 16.9 Å². The molecule has 0 saturated carbocycles. The van der Waals surface area contributed by atoms with Gasteiger partial charge >= 0.3 is 0 Å². The number of aliphatic hydroxyl groups excluding tert-OH is 1. The van der Waals surface area contributed by atoms with Crippen LogP contribution in [0.4, 0.5) is 0 Å². The zero-order valence-electron chi connectivity index (χ0n) is 10.3. The van der Waals surface area contributed by atoms with E-state index >= 15 is 0 Å². The van der Waals surface area contributed by atoms with Gasteiger partial charge in [0, 0.05) is 11.1 Å². The average Bonchev–Trinajstić information content (AvgIpc) is 2.77. The van der Waals surface area contributed by atoms with Gasteiger partial charge in [-0.15, -0.1) is 0 Å². The minimum Gasteiger partial charge on any atom is -0.486 e. The standard InChI is InChI=1S/C16H16O2/c1-2-14-15(17)13-10-6-9-12(16(13)18-14)11-7-4-3-5-8-11/h3-10,14-15,17H,2H2,1H3. The molecule has 1 N–H and O–H groups in total. The van der Waals surface area contributed by atoms with Crippen molar-refractivity contribution < 1.29 is 9.84 Å². The molecular formula is C16H16O2. The monoisotopic (exact) mass is 240 g/mol. The van der Waals surface area contributed by atoms with Gasteiger partial charge in [-0.3, -0.25) is 0 Å². The molecule has 0 radical (unpaired) electrons. The van der Waals surface area contributed by atoms with Gasteiger partial charge in [-0.05, 0) is 12.0 Å². The van der Waals surface area contributed by atoms with E-state index in [2.05, 4.69) is 12.1 Å². The van der Waals surface area contributed by atoms with Crippen molar-refractivity contribution in [1.82, 2.24) is 0 Å². The van der Waals surface area contributed by atoms with E-state index in [0.29, 0.717) is 0 Å². The third-order valence-electron chi connectivity index (χ3n) is 3.47.